The van der Waals surface area contributed by atoms with E-state index in [2.05, 4.69) is 10.3 Å². The largest absolute Gasteiger partial charge is 0.416 e. The third-order valence-corrected chi connectivity index (χ3v) is 4.11. The van der Waals surface area contributed by atoms with E-state index in [0.29, 0.717) is 10.9 Å². The first-order valence-corrected chi connectivity index (χ1v) is 7.86. The Labute approximate surface area is 146 Å². The third-order valence-electron chi connectivity index (χ3n) is 4.11. The van der Waals surface area contributed by atoms with E-state index in [0.717, 1.165) is 6.07 Å². The molecule has 0 aliphatic carbocycles. The molecule has 0 fully saturated rings. The molecule has 2 N–H and O–H groups in total. The van der Waals surface area contributed by atoms with Crippen LogP contribution in [0.2, 0.25) is 0 Å². The van der Waals surface area contributed by atoms with Crippen LogP contribution in [0.3, 0.4) is 0 Å². The van der Waals surface area contributed by atoms with Crippen LogP contribution in [0, 0.1) is 0 Å². The van der Waals surface area contributed by atoms with Crippen LogP contribution in [-0.4, -0.2) is 10.9 Å². The van der Waals surface area contributed by atoms with Gasteiger partial charge in [0, 0.05) is 17.1 Å². The molecule has 1 amide bonds. The van der Waals surface area contributed by atoms with Crippen molar-refractivity contribution in [1.29, 1.82) is 0 Å². The molecule has 0 aliphatic rings. The van der Waals surface area contributed by atoms with Crippen LogP contribution in [0.15, 0.2) is 59.5 Å². The summed E-state index contributed by atoms with van der Waals surface area (Å²) in [4.78, 5) is 27.7. The Kier molecular flexibility index (Phi) is 4.54. The molecule has 3 rings (SSSR count). The van der Waals surface area contributed by atoms with Gasteiger partial charge in [-0.25, -0.2) is 0 Å². The molecule has 0 bridgehead atoms. The lowest BCUT2D eigenvalue weighted by molar-refractivity contribution is -0.138. The second-order valence-corrected chi connectivity index (χ2v) is 5.86. The molecule has 0 radical (unpaired) electrons. The SMILES string of the molecule is CC(NC(=O)c1c[nH]c2ccccc2c1=O)c1ccccc1C(F)(F)F. The number of benzene rings is 2. The first-order valence-electron chi connectivity index (χ1n) is 7.86. The van der Waals surface area contributed by atoms with Crippen LogP contribution in [0.25, 0.3) is 10.9 Å². The summed E-state index contributed by atoms with van der Waals surface area (Å²) < 4.78 is 39.4. The lowest BCUT2D eigenvalue weighted by atomic mass is 10.0. The minimum Gasteiger partial charge on any atom is -0.360 e. The van der Waals surface area contributed by atoms with Crippen LogP contribution in [-0.2, 0) is 6.18 Å². The highest BCUT2D eigenvalue weighted by Crippen LogP contribution is 2.34. The average Bonchev–Trinajstić information content (AvgIpc) is 2.61. The maximum Gasteiger partial charge on any atom is 0.416 e. The van der Waals surface area contributed by atoms with Gasteiger partial charge in [0.1, 0.15) is 5.56 Å². The summed E-state index contributed by atoms with van der Waals surface area (Å²) in [7, 11) is 0. The summed E-state index contributed by atoms with van der Waals surface area (Å²) in [5.74, 6) is -0.735. The molecule has 0 saturated carbocycles. The number of hydrogen-bond donors (Lipinski definition) is 2. The predicted octanol–water partition coefficient (Wildman–Crippen LogP) is 4.04. The maximum atomic E-state index is 13.1. The summed E-state index contributed by atoms with van der Waals surface area (Å²) in [5, 5.41) is 2.81. The molecule has 4 nitrogen and oxygen atoms in total. The Morgan fingerprint density at radius 1 is 1.08 bits per heavy atom. The number of para-hydroxylation sites is 1. The van der Waals surface area contributed by atoms with E-state index in [-0.39, 0.29) is 11.1 Å². The number of carbonyl (C=O) groups is 1. The topological polar surface area (TPSA) is 62.0 Å². The highest BCUT2D eigenvalue weighted by molar-refractivity contribution is 5.97. The van der Waals surface area contributed by atoms with Gasteiger partial charge in [-0.05, 0) is 30.7 Å². The second-order valence-electron chi connectivity index (χ2n) is 5.86. The molecular formula is C19H15F3N2O2. The average molecular weight is 360 g/mol. The molecule has 1 heterocycles. The Morgan fingerprint density at radius 2 is 1.73 bits per heavy atom. The molecule has 0 saturated heterocycles. The number of alkyl halides is 3. The number of carbonyl (C=O) groups excluding carboxylic acids is 1. The first-order chi connectivity index (χ1) is 12.3. The van der Waals surface area contributed by atoms with Gasteiger partial charge in [-0.2, -0.15) is 13.2 Å². The fourth-order valence-corrected chi connectivity index (χ4v) is 2.82. The van der Waals surface area contributed by atoms with Crippen molar-refractivity contribution in [2.45, 2.75) is 19.1 Å². The number of halogens is 3. The lowest BCUT2D eigenvalue weighted by Gasteiger charge is -2.19. The van der Waals surface area contributed by atoms with Gasteiger partial charge in [0.25, 0.3) is 5.91 Å². The zero-order valence-electron chi connectivity index (χ0n) is 13.7. The number of aromatic amines is 1. The molecule has 1 atom stereocenters. The molecule has 0 aliphatic heterocycles. The van der Waals surface area contributed by atoms with E-state index in [4.69, 9.17) is 0 Å². The van der Waals surface area contributed by atoms with Crippen molar-refractivity contribution in [3.63, 3.8) is 0 Å². The van der Waals surface area contributed by atoms with E-state index in [1.54, 1.807) is 24.3 Å². The lowest BCUT2D eigenvalue weighted by Crippen LogP contribution is -2.32. The zero-order chi connectivity index (χ0) is 18.9. The molecule has 2 aromatic carbocycles. The maximum absolute atomic E-state index is 13.1. The van der Waals surface area contributed by atoms with E-state index in [1.165, 1.54) is 31.3 Å². The molecule has 3 aromatic rings. The Morgan fingerprint density at radius 3 is 2.46 bits per heavy atom. The summed E-state index contributed by atoms with van der Waals surface area (Å²) in [6.45, 7) is 1.44. The smallest absolute Gasteiger partial charge is 0.360 e. The van der Waals surface area contributed by atoms with Gasteiger partial charge >= 0.3 is 6.18 Å². The quantitative estimate of drug-likeness (QED) is 0.741. The number of pyridine rings is 1. The van der Waals surface area contributed by atoms with Gasteiger partial charge in [-0.1, -0.05) is 30.3 Å². The number of hydrogen-bond acceptors (Lipinski definition) is 2. The van der Waals surface area contributed by atoms with Crippen molar-refractivity contribution in [2.75, 3.05) is 0 Å². The van der Waals surface area contributed by atoms with E-state index in [1.807, 2.05) is 0 Å². The van der Waals surface area contributed by atoms with Crippen molar-refractivity contribution in [3.05, 3.63) is 81.6 Å². The van der Waals surface area contributed by atoms with Gasteiger partial charge in [0.2, 0.25) is 5.43 Å². The highest BCUT2D eigenvalue weighted by atomic mass is 19.4. The first kappa shape index (κ1) is 17.7. The van der Waals surface area contributed by atoms with Crippen LogP contribution in [0.5, 0.6) is 0 Å². The zero-order valence-corrected chi connectivity index (χ0v) is 13.7. The molecular weight excluding hydrogens is 345 g/mol. The second kappa shape index (κ2) is 6.67. The van der Waals surface area contributed by atoms with Crippen molar-refractivity contribution in [1.82, 2.24) is 10.3 Å². The van der Waals surface area contributed by atoms with Crippen LogP contribution >= 0.6 is 0 Å². The number of nitrogens with one attached hydrogen (secondary N) is 2. The minimum atomic E-state index is -4.53. The summed E-state index contributed by atoms with van der Waals surface area (Å²) in [5.41, 5.74) is -0.941. The Hall–Kier alpha value is -3.09. The standard InChI is InChI=1S/C19H15F3N2O2/c1-11(12-6-2-4-8-15(12)19(20,21)22)24-18(26)14-10-23-16-9-5-3-7-13(16)17(14)25/h2-11H,1H3,(H,23,25)(H,24,26). The van der Waals surface area contributed by atoms with E-state index < -0.39 is 29.1 Å². The van der Waals surface area contributed by atoms with Gasteiger partial charge in [0.15, 0.2) is 0 Å². The van der Waals surface area contributed by atoms with Crippen molar-refractivity contribution >= 4 is 16.8 Å². The molecule has 0 spiro atoms. The normalized spacial score (nSPS) is 12.8. The molecule has 134 valence electrons. The summed E-state index contributed by atoms with van der Waals surface area (Å²) >= 11 is 0. The minimum absolute atomic E-state index is 0.0643. The fraction of sp³-hybridized carbons (Fsp3) is 0.158. The third kappa shape index (κ3) is 3.33. The number of fused-ring (bicyclic) bond motifs is 1. The van der Waals surface area contributed by atoms with Crippen molar-refractivity contribution in [3.8, 4) is 0 Å². The number of H-pyrrole nitrogens is 1. The van der Waals surface area contributed by atoms with Crippen molar-refractivity contribution < 1.29 is 18.0 Å². The predicted molar refractivity (Wildman–Crippen MR) is 91.9 cm³/mol. The molecule has 1 aromatic heterocycles. The van der Waals surface area contributed by atoms with E-state index in [9.17, 15) is 22.8 Å². The van der Waals surface area contributed by atoms with Crippen LogP contribution < -0.4 is 10.7 Å². The van der Waals surface area contributed by atoms with Gasteiger partial charge in [-0.3, -0.25) is 9.59 Å². The van der Waals surface area contributed by atoms with E-state index >= 15 is 0 Å². The van der Waals surface area contributed by atoms with Gasteiger partial charge in [0.05, 0.1) is 11.6 Å². The summed E-state index contributed by atoms with van der Waals surface area (Å²) in [6.07, 6.45) is -3.27. The molecule has 7 heteroatoms. The number of aromatic nitrogens is 1. The Balaban J connectivity index is 1.92. The molecule has 1 unspecified atom stereocenters. The van der Waals surface area contributed by atoms with Crippen LogP contribution in [0.1, 0.15) is 34.5 Å². The van der Waals surface area contributed by atoms with Gasteiger partial charge < -0.3 is 10.3 Å². The summed E-state index contributed by atoms with van der Waals surface area (Å²) in [6, 6.07) is 10.8. The monoisotopic (exact) mass is 360 g/mol. The fourth-order valence-electron chi connectivity index (χ4n) is 2.82. The Bertz CT molecular complexity index is 1020. The van der Waals surface area contributed by atoms with Crippen molar-refractivity contribution in [2.24, 2.45) is 0 Å². The number of amides is 1. The number of rotatable bonds is 3. The highest BCUT2D eigenvalue weighted by Gasteiger charge is 2.34. The molecule has 26 heavy (non-hydrogen) atoms. The van der Waals surface area contributed by atoms with Gasteiger partial charge in [-0.15, -0.1) is 0 Å². The van der Waals surface area contributed by atoms with Crippen LogP contribution in [0.4, 0.5) is 13.2 Å².